The van der Waals surface area contributed by atoms with E-state index in [1.54, 1.807) is 36.4 Å². The zero-order valence-electron chi connectivity index (χ0n) is 17.3. The number of hydrogen-bond donors (Lipinski definition) is 2. The summed E-state index contributed by atoms with van der Waals surface area (Å²) >= 11 is 0. The number of phenolic OH excluding ortho intramolecular Hbond substituents is 1. The molecule has 0 spiro atoms. The third-order valence-corrected chi connectivity index (χ3v) is 5.97. The number of nitrogens with zero attached hydrogens (tertiary/aromatic N) is 2. The smallest absolute Gasteiger partial charge is 0.263 e. The van der Waals surface area contributed by atoms with E-state index < -0.39 is 22.0 Å². The first kappa shape index (κ1) is 22.1. The van der Waals surface area contributed by atoms with Gasteiger partial charge in [0.05, 0.1) is 25.3 Å². The Bertz CT molecular complexity index is 1220. The van der Waals surface area contributed by atoms with Gasteiger partial charge in [0.1, 0.15) is 17.5 Å². The molecule has 0 aliphatic rings. The summed E-state index contributed by atoms with van der Waals surface area (Å²) in [6.07, 6.45) is 2.36. The molecule has 9 heteroatoms. The summed E-state index contributed by atoms with van der Waals surface area (Å²) in [6.45, 7) is 1.46. The van der Waals surface area contributed by atoms with Gasteiger partial charge < -0.3 is 9.84 Å². The zero-order chi connectivity index (χ0) is 22.6. The highest BCUT2D eigenvalue weighted by Gasteiger charge is 2.29. The van der Waals surface area contributed by atoms with Crippen molar-refractivity contribution in [3.05, 3.63) is 66.2 Å². The van der Waals surface area contributed by atoms with Crippen LogP contribution >= 0.6 is 0 Å². The maximum absolute atomic E-state index is 12.6. The van der Waals surface area contributed by atoms with Crippen molar-refractivity contribution in [2.24, 2.45) is 5.10 Å². The fraction of sp³-hybridized carbons (Fsp3) is 0.182. The number of aromatic hydroxyl groups is 1. The van der Waals surface area contributed by atoms with E-state index in [2.05, 4.69) is 10.5 Å². The lowest BCUT2D eigenvalue weighted by Crippen LogP contribution is -2.46. The molecule has 0 bridgehead atoms. The normalized spacial score (nSPS) is 12.6. The van der Waals surface area contributed by atoms with Crippen LogP contribution in [0.15, 0.2) is 65.8 Å². The third kappa shape index (κ3) is 4.95. The van der Waals surface area contributed by atoms with Crippen molar-refractivity contribution in [3.8, 4) is 11.5 Å². The van der Waals surface area contributed by atoms with Gasteiger partial charge in [-0.25, -0.2) is 13.8 Å². The van der Waals surface area contributed by atoms with Crippen LogP contribution in [0.2, 0.25) is 0 Å². The molecule has 162 valence electrons. The largest absolute Gasteiger partial charge is 0.507 e. The number of hydrazone groups is 1. The van der Waals surface area contributed by atoms with Crippen LogP contribution in [0.4, 0.5) is 5.69 Å². The van der Waals surface area contributed by atoms with Crippen molar-refractivity contribution in [2.75, 3.05) is 17.7 Å². The van der Waals surface area contributed by atoms with Crippen LogP contribution < -0.4 is 14.5 Å². The highest BCUT2D eigenvalue weighted by atomic mass is 32.2. The van der Waals surface area contributed by atoms with Crippen LogP contribution in [0.1, 0.15) is 12.5 Å². The number of hydrogen-bond acceptors (Lipinski definition) is 6. The molecular weight excluding hydrogens is 418 g/mol. The van der Waals surface area contributed by atoms with Crippen molar-refractivity contribution in [3.63, 3.8) is 0 Å². The molecule has 0 saturated carbocycles. The van der Waals surface area contributed by atoms with E-state index in [0.29, 0.717) is 17.0 Å². The number of nitrogens with one attached hydrogen (secondary N) is 1. The summed E-state index contributed by atoms with van der Waals surface area (Å²) in [4.78, 5) is 12.6. The lowest BCUT2D eigenvalue weighted by molar-refractivity contribution is -0.121. The number of carbonyl (C=O) groups is 1. The van der Waals surface area contributed by atoms with Crippen molar-refractivity contribution in [2.45, 2.75) is 13.0 Å². The number of phenols is 1. The number of ether oxygens (including phenoxy) is 1. The van der Waals surface area contributed by atoms with E-state index >= 15 is 0 Å². The van der Waals surface area contributed by atoms with Crippen LogP contribution in [0.5, 0.6) is 11.5 Å². The summed E-state index contributed by atoms with van der Waals surface area (Å²) in [5.74, 6) is -0.0493. The Labute approximate surface area is 180 Å². The molecule has 0 aliphatic heterocycles. The molecule has 0 radical (unpaired) electrons. The molecule has 0 unspecified atom stereocenters. The first-order chi connectivity index (χ1) is 14.7. The second kappa shape index (κ2) is 9.05. The molecule has 0 saturated heterocycles. The Hall–Kier alpha value is -3.59. The minimum Gasteiger partial charge on any atom is -0.507 e. The van der Waals surface area contributed by atoms with Gasteiger partial charge in [-0.1, -0.05) is 30.3 Å². The van der Waals surface area contributed by atoms with Gasteiger partial charge >= 0.3 is 0 Å². The van der Waals surface area contributed by atoms with E-state index in [1.165, 1.54) is 20.2 Å². The van der Waals surface area contributed by atoms with Crippen LogP contribution in [0.3, 0.4) is 0 Å². The summed E-state index contributed by atoms with van der Waals surface area (Å²) in [5.41, 5.74) is 3.12. The van der Waals surface area contributed by atoms with Gasteiger partial charge in [0.15, 0.2) is 0 Å². The van der Waals surface area contributed by atoms with Crippen molar-refractivity contribution in [1.82, 2.24) is 5.43 Å². The molecule has 2 N–H and O–H groups in total. The molecule has 1 atom stereocenters. The average Bonchev–Trinajstić information content (AvgIpc) is 2.74. The minimum atomic E-state index is -3.75. The molecule has 0 aromatic heterocycles. The second-order valence-corrected chi connectivity index (χ2v) is 8.75. The minimum absolute atomic E-state index is 0.0146. The highest BCUT2D eigenvalue weighted by Crippen LogP contribution is 2.26. The maximum atomic E-state index is 12.6. The number of fused-ring (bicyclic) bond motifs is 1. The zero-order valence-corrected chi connectivity index (χ0v) is 18.1. The van der Waals surface area contributed by atoms with Gasteiger partial charge in [-0.15, -0.1) is 0 Å². The van der Waals surface area contributed by atoms with E-state index in [1.807, 2.05) is 24.3 Å². The summed E-state index contributed by atoms with van der Waals surface area (Å²) in [5, 5.41) is 15.8. The Morgan fingerprint density at radius 2 is 1.81 bits per heavy atom. The molecule has 3 rings (SSSR count). The molecule has 0 fully saturated rings. The van der Waals surface area contributed by atoms with Crippen LogP contribution in [0, 0.1) is 0 Å². The van der Waals surface area contributed by atoms with Gasteiger partial charge in [0.25, 0.3) is 5.91 Å². The van der Waals surface area contributed by atoms with Gasteiger partial charge in [0, 0.05) is 5.56 Å². The maximum Gasteiger partial charge on any atom is 0.263 e. The van der Waals surface area contributed by atoms with Crippen LogP contribution in [0.25, 0.3) is 10.8 Å². The Balaban J connectivity index is 1.82. The van der Waals surface area contributed by atoms with Crippen molar-refractivity contribution < 1.29 is 23.1 Å². The highest BCUT2D eigenvalue weighted by molar-refractivity contribution is 7.92. The Morgan fingerprint density at radius 3 is 2.45 bits per heavy atom. The molecule has 1 amide bonds. The summed E-state index contributed by atoms with van der Waals surface area (Å²) in [7, 11) is -2.25. The van der Waals surface area contributed by atoms with Crippen LogP contribution in [-0.4, -0.2) is 45.1 Å². The fourth-order valence-corrected chi connectivity index (χ4v) is 4.39. The molecule has 8 nitrogen and oxygen atoms in total. The second-order valence-electron chi connectivity index (χ2n) is 6.89. The van der Waals surface area contributed by atoms with E-state index in [-0.39, 0.29) is 5.75 Å². The number of methoxy groups -OCH3 is 1. The lowest BCUT2D eigenvalue weighted by Gasteiger charge is -2.27. The molecule has 3 aromatic carbocycles. The number of carbonyl (C=O) groups excluding carboxylic acids is 1. The molecule has 31 heavy (non-hydrogen) atoms. The molecule has 0 heterocycles. The molecular formula is C22H23N3O5S. The standard InChI is InChI=1S/C22H23N3O5S/c1-15(25(31(3,28)29)17-9-11-18(30-2)12-10-17)22(27)24-23-14-20-19-7-5-4-6-16(19)8-13-21(20)26/h4-15,26H,1-3H3,(H,24,27)/b23-14-/t15-/m1/s1. The van der Waals surface area contributed by atoms with Crippen molar-refractivity contribution in [1.29, 1.82) is 0 Å². The predicted molar refractivity (Wildman–Crippen MR) is 121 cm³/mol. The number of anilines is 1. The average molecular weight is 442 g/mol. The van der Waals surface area contributed by atoms with Crippen molar-refractivity contribution >= 4 is 38.6 Å². The Morgan fingerprint density at radius 1 is 1.13 bits per heavy atom. The predicted octanol–water partition coefficient (Wildman–Crippen LogP) is 2.86. The van der Waals surface area contributed by atoms with Gasteiger partial charge in [0.2, 0.25) is 10.0 Å². The quantitative estimate of drug-likeness (QED) is 0.433. The topological polar surface area (TPSA) is 108 Å². The summed E-state index contributed by atoms with van der Waals surface area (Å²) < 4.78 is 30.8. The number of benzene rings is 3. The molecule has 0 aliphatic carbocycles. The monoisotopic (exact) mass is 441 g/mol. The molecule has 3 aromatic rings. The van der Waals surface area contributed by atoms with Gasteiger partial charge in [-0.05, 0) is 48.0 Å². The Kier molecular flexibility index (Phi) is 6.45. The van der Waals surface area contributed by atoms with Gasteiger partial charge in [-0.2, -0.15) is 5.10 Å². The summed E-state index contributed by atoms with van der Waals surface area (Å²) in [6, 6.07) is 16.0. The first-order valence-electron chi connectivity index (χ1n) is 9.39. The number of sulfonamides is 1. The van der Waals surface area contributed by atoms with E-state index in [9.17, 15) is 18.3 Å². The van der Waals surface area contributed by atoms with E-state index in [0.717, 1.165) is 21.3 Å². The van der Waals surface area contributed by atoms with Crippen LogP contribution in [-0.2, 0) is 14.8 Å². The van der Waals surface area contributed by atoms with Gasteiger partial charge in [-0.3, -0.25) is 9.10 Å². The first-order valence-corrected chi connectivity index (χ1v) is 11.2. The lowest BCUT2D eigenvalue weighted by atomic mass is 10.0. The van der Waals surface area contributed by atoms with E-state index in [4.69, 9.17) is 4.74 Å². The number of amides is 1. The fourth-order valence-electron chi connectivity index (χ4n) is 3.21. The SMILES string of the molecule is COc1ccc(N([C@H](C)C(=O)N/N=C\c2c(O)ccc3ccccc23)S(C)(=O)=O)cc1. The third-order valence-electron chi connectivity index (χ3n) is 4.73. The number of rotatable bonds is 7.